The number of nitrogens with zero attached hydrogens (tertiary/aromatic N) is 3. The zero-order valence-corrected chi connectivity index (χ0v) is 16.4. The number of nitrogens with one attached hydrogen (secondary N) is 1. The highest BCUT2D eigenvalue weighted by Gasteiger charge is 2.13. The number of aromatic amines is 1. The topological polar surface area (TPSA) is 55.2 Å². The van der Waals surface area contributed by atoms with Crippen LogP contribution in [-0.2, 0) is 12.0 Å². The summed E-state index contributed by atoms with van der Waals surface area (Å²) in [5, 5.41) is 11.6. The van der Waals surface area contributed by atoms with Crippen LogP contribution in [0.3, 0.4) is 0 Å². The van der Waals surface area contributed by atoms with Gasteiger partial charge in [0.1, 0.15) is 12.4 Å². The van der Waals surface area contributed by atoms with Crippen LogP contribution in [0.1, 0.15) is 51.4 Å². The molecule has 1 aromatic heterocycles. The maximum Gasteiger partial charge on any atom is 0.216 e. The van der Waals surface area contributed by atoms with Gasteiger partial charge in [-0.15, -0.1) is 0 Å². The second-order valence-corrected chi connectivity index (χ2v) is 8.02. The second kappa shape index (κ2) is 7.99. The van der Waals surface area contributed by atoms with Gasteiger partial charge < -0.3 is 4.74 Å². The SMILES string of the molecule is CC(C)(C)c1ccc(OCc2n[nH]c(=S)n2/N=C\[C@H]2CC=CCC2)cc1. The predicted molar refractivity (Wildman–Crippen MR) is 107 cm³/mol. The first-order valence-corrected chi connectivity index (χ1v) is 9.43. The Morgan fingerprint density at radius 3 is 2.73 bits per heavy atom. The normalized spacial score (nSPS) is 17.7. The van der Waals surface area contributed by atoms with E-state index in [4.69, 9.17) is 17.0 Å². The Morgan fingerprint density at radius 1 is 1.31 bits per heavy atom. The summed E-state index contributed by atoms with van der Waals surface area (Å²) in [6, 6.07) is 8.18. The van der Waals surface area contributed by atoms with E-state index in [9.17, 15) is 0 Å². The quantitative estimate of drug-likeness (QED) is 0.457. The molecule has 0 amide bonds. The molecule has 0 spiro atoms. The van der Waals surface area contributed by atoms with E-state index in [1.54, 1.807) is 4.68 Å². The molecule has 6 heteroatoms. The van der Waals surface area contributed by atoms with Crippen molar-refractivity contribution in [3.63, 3.8) is 0 Å². The number of ether oxygens (including phenoxy) is 1. The van der Waals surface area contributed by atoms with Crippen molar-refractivity contribution in [2.75, 3.05) is 0 Å². The highest BCUT2D eigenvalue weighted by molar-refractivity contribution is 7.71. The van der Waals surface area contributed by atoms with Crippen molar-refractivity contribution in [1.29, 1.82) is 0 Å². The molecule has 0 saturated heterocycles. The lowest BCUT2D eigenvalue weighted by atomic mass is 9.87. The number of benzene rings is 1. The summed E-state index contributed by atoms with van der Waals surface area (Å²) in [5.74, 6) is 1.92. The highest BCUT2D eigenvalue weighted by atomic mass is 32.1. The van der Waals surface area contributed by atoms with Gasteiger partial charge in [-0.3, -0.25) is 0 Å². The van der Waals surface area contributed by atoms with Gasteiger partial charge in [0.05, 0.1) is 0 Å². The molecule has 5 nitrogen and oxygen atoms in total. The average molecular weight is 371 g/mol. The molecule has 1 aliphatic carbocycles. The van der Waals surface area contributed by atoms with Crippen molar-refractivity contribution < 1.29 is 4.74 Å². The zero-order chi connectivity index (χ0) is 18.6. The van der Waals surface area contributed by atoms with E-state index < -0.39 is 0 Å². The first-order chi connectivity index (χ1) is 12.4. The van der Waals surface area contributed by atoms with E-state index in [-0.39, 0.29) is 5.41 Å². The van der Waals surface area contributed by atoms with Crippen LogP contribution in [0, 0.1) is 10.7 Å². The van der Waals surface area contributed by atoms with E-state index >= 15 is 0 Å². The standard InChI is InChI=1S/C20H26N4OS/c1-20(2,3)16-9-11-17(12-10-16)25-14-18-22-23-19(26)24(18)21-13-15-7-5-4-6-8-15/h4-5,9-13,15H,6-8,14H2,1-3H3,(H,23,26)/b21-13-/t15-/m0/s1. The Bertz CT molecular complexity index is 840. The third kappa shape index (κ3) is 4.69. The smallest absolute Gasteiger partial charge is 0.216 e. The van der Waals surface area contributed by atoms with Gasteiger partial charge in [0.2, 0.25) is 4.77 Å². The summed E-state index contributed by atoms with van der Waals surface area (Å²) in [6.45, 7) is 6.89. The van der Waals surface area contributed by atoms with Crippen LogP contribution in [0.2, 0.25) is 0 Å². The summed E-state index contributed by atoms with van der Waals surface area (Å²) in [6.07, 6.45) is 9.65. The Labute approximate surface area is 159 Å². The van der Waals surface area contributed by atoms with E-state index in [0.29, 0.717) is 23.1 Å². The first kappa shape index (κ1) is 18.6. The summed E-state index contributed by atoms with van der Waals surface area (Å²) < 4.78 is 8.00. The van der Waals surface area contributed by atoms with Crippen LogP contribution in [0.15, 0.2) is 41.5 Å². The van der Waals surface area contributed by atoms with Gasteiger partial charge in [-0.2, -0.15) is 14.9 Å². The van der Waals surface area contributed by atoms with E-state index in [2.05, 4.69) is 60.4 Å². The van der Waals surface area contributed by atoms with Gasteiger partial charge >= 0.3 is 0 Å². The lowest BCUT2D eigenvalue weighted by Gasteiger charge is -2.19. The molecule has 0 bridgehead atoms. The third-order valence-electron chi connectivity index (χ3n) is 4.51. The van der Waals surface area contributed by atoms with Crippen LogP contribution in [0.5, 0.6) is 5.75 Å². The average Bonchev–Trinajstić information content (AvgIpc) is 2.98. The lowest BCUT2D eigenvalue weighted by molar-refractivity contribution is 0.290. The summed E-state index contributed by atoms with van der Waals surface area (Å²) in [4.78, 5) is 0. The Balaban J connectivity index is 1.66. The number of hydrogen-bond acceptors (Lipinski definition) is 4. The molecule has 1 atom stereocenters. The summed E-state index contributed by atoms with van der Waals surface area (Å²) in [7, 11) is 0. The van der Waals surface area contributed by atoms with Gasteiger partial charge in [0.15, 0.2) is 5.82 Å². The van der Waals surface area contributed by atoms with Crippen molar-refractivity contribution >= 4 is 18.4 Å². The van der Waals surface area contributed by atoms with Crippen molar-refractivity contribution in [3.05, 3.63) is 52.6 Å². The molecule has 138 valence electrons. The monoisotopic (exact) mass is 370 g/mol. The number of hydrogen-bond donors (Lipinski definition) is 1. The second-order valence-electron chi connectivity index (χ2n) is 7.63. The fourth-order valence-corrected chi connectivity index (χ4v) is 3.05. The Hall–Kier alpha value is -2.21. The minimum absolute atomic E-state index is 0.129. The van der Waals surface area contributed by atoms with Gasteiger partial charge in [0, 0.05) is 6.21 Å². The maximum absolute atomic E-state index is 5.87. The van der Waals surface area contributed by atoms with Crippen LogP contribution < -0.4 is 4.74 Å². The summed E-state index contributed by atoms with van der Waals surface area (Å²) >= 11 is 5.29. The zero-order valence-electron chi connectivity index (χ0n) is 15.6. The third-order valence-corrected chi connectivity index (χ3v) is 4.77. The minimum atomic E-state index is 0.129. The van der Waals surface area contributed by atoms with Crippen molar-refractivity contribution in [1.82, 2.24) is 14.9 Å². The van der Waals surface area contributed by atoms with Crippen LogP contribution in [-0.4, -0.2) is 21.1 Å². The lowest BCUT2D eigenvalue weighted by Crippen LogP contribution is -2.10. The molecule has 1 aliphatic rings. The predicted octanol–water partition coefficient (Wildman–Crippen LogP) is 5.01. The Morgan fingerprint density at radius 2 is 2.08 bits per heavy atom. The molecular weight excluding hydrogens is 344 g/mol. The highest BCUT2D eigenvalue weighted by Crippen LogP contribution is 2.24. The molecule has 2 aromatic rings. The van der Waals surface area contributed by atoms with Gasteiger partial charge in [-0.05, 0) is 60.5 Å². The molecular formula is C20H26N4OS. The number of H-pyrrole nitrogens is 1. The molecule has 26 heavy (non-hydrogen) atoms. The van der Waals surface area contributed by atoms with Crippen molar-refractivity contribution in [2.24, 2.45) is 11.0 Å². The summed E-state index contributed by atoms with van der Waals surface area (Å²) in [5.41, 5.74) is 1.41. The molecule has 0 fully saturated rings. The van der Waals surface area contributed by atoms with Gasteiger partial charge in [-0.25, -0.2) is 5.10 Å². The first-order valence-electron chi connectivity index (χ1n) is 9.02. The van der Waals surface area contributed by atoms with Gasteiger partial charge in [-0.1, -0.05) is 45.1 Å². The Kier molecular flexibility index (Phi) is 5.71. The molecule has 0 aliphatic heterocycles. The maximum atomic E-state index is 5.87. The van der Waals surface area contributed by atoms with E-state index in [0.717, 1.165) is 25.0 Å². The van der Waals surface area contributed by atoms with Crippen LogP contribution in [0.4, 0.5) is 0 Å². The molecule has 0 saturated carbocycles. The fraction of sp³-hybridized carbons (Fsp3) is 0.450. The minimum Gasteiger partial charge on any atom is -0.486 e. The molecule has 3 rings (SSSR count). The molecule has 0 radical (unpaired) electrons. The molecule has 0 unspecified atom stereocenters. The van der Waals surface area contributed by atoms with E-state index in [1.165, 1.54) is 5.56 Å². The molecule has 1 heterocycles. The van der Waals surface area contributed by atoms with E-state index in [1.807, 2.05) is 18.3 Å². The van der Waals surface area contributed by atoms with Crippen molar-refractivity contribution in [2.45, 2.75) is 52.1 Å². The van der Waals surface area contributed by atoms with Gasteiger partial charge in [0.25, 0.3) is 0 Å². The fourth-order valence-electron chi connectivity index (χ4n) is 2.85. The van der Waals surface area contributed by atoms with Crippen LogP contribution >= 0.6 is 12.2 Å². The van der Waals surface area contributed by atoms with Crippen LogP contribution in [0.25, 0.3) is 0 Å². The molecule has 1 aromatic carbocycles. The molecule has 1 N–H and O–H groups in total. The number of rotatable bonds is 5. The largest absolute Gasteiger partial charge is 0.486 e. The number of aromatic nitrogens is 3. The number of allylic oxidation sites excluding steroid dienone is 2. The van der Waals surface area contributed by atoms with Crippen molar-refractivity contribution in [3.8, 4) is 5.75 Å².